The first-order valence-electron chi connectivity index (χ1n) is 8.88. The van der Waals surface area contributed by atoms with Crippen molar-refractivity contribution in [3.05, 3.63) is 35.4 Å². The van der Waals surface area contributed by atoms with Gasteiger partial charge in [0.25, 0.3) is 0 Å². The molecule has 2 fully saturated rings. The van der Waals surface area contributed by atoms with Crippen LogP contribution in [-0.2, 0) is 5.60 Å². The molecule has 6 heteroatoms. The quantitative estimate of drug-likeness (QED) is 0.802. The van der Waals surface area contributed by atoms with Gasteiger partial charge in [-0.2, -0.15) is 0 Å². The molecule has 1 amide bonds. The Kier molecular flexibility index (Phi) is 6.49. The fourth-order valence-electron chi connectivity index (χ4n) is 3.89. The molecule has 2 atom stereocenters. The van der Waals surface area contributed by atoms with Crippen LogP contribution in [0.25, 0.3) is 0 Å². The highest BCUT2D eigenvalue weighted by Crippen LogP contribution is 2.39. The van der Waals surface area contributed by atoms with Gasteiger partial charge in [-0.05, 0) is 57.0 Å². The smallest absolute Gasteiger partial charge is 0.248 e. The molecule has 1 saturated heterocycles. The van der Waals surface area contributed by atoms with Gasteiger partial charge in [0.1, 0.15) is 0 Å². The number of nitrogens with zero attached hydrogens (tertiary/aromatic N) is 2. The summed E-state index contributed by atoms with van der Waals surface area (Å²) in [5.74, 6) is 0.522. The van der Waals surface area contributed by atoms with E-state index in [1.807, 2.05) is 26.2 Å². The summed E-state index contributed by atoms with van der Waals surface area (Å²) in [7, 11) is 4.08. The molecule has 0 bridgehead atoms. The molecule has 1 aromatic rings. The van der Waals surface area contributed by atoms with E-state index in [-0.39, 0.29) is 18.3 Å². The van der Waals surface area contributed by atoms with Crippen molar-refractivity contribution in [1.82, 2.24) is 9.80 Å². The van der Waals surface area contributed by atoms with Gasteiger partial charge in [-0.1, -0.05) is 12.1 Å². The lowest BCUT2D eigenvalue weighted by atomic mass is 9.75. The van der Waals surface area contributed by atoms with Crippen LogP contribution in [0.4, 0.5) is 0 Å². The zero-order chi connectivity index (χ0) is 17.3. The fraction of sp³-hybridized carbons (Fsp3) is 0.632. The van der Waals surface area contributed by atoms with Crippen LogP contribution in [0.15, 0.2) is 24.3 Å². The second kappa shape index (κ2) is 8.04. The Morgan fingerprint density at radius 2 is 2.12 bits per heavy atom. The number of carbonyl (C=O) groups excluding carboxylic acids is 1. The predicted molar refractivity (Wildman–Crippen MR) is 102 cm³/mol. The second-order valence-corrected chi connectivity index (χ2v) is 7.78. The molecule has 1 saturated carbocycles. The number of nitrogens with two attached hydrogens (primary N) is 1. The molecule has 0 aromatic heterocycles. The molecule has 5 nitrogen and oxygen atoms in total. The summed E-state index contributed by atoms with van der Waals surface area (Å²) >= 11 is 0. The molecule has 1 aliphatic carbocycles. The normalized spacial score (nSPS) is 27.1. The molecular weight excluding hydrogens is 338 g/mol. The summed E-state index contributed by atoms with van der Waals surface area (Å²) in [5, 5.41) is 11.5. The van der Waals surface area contributed by atoms with Crippen molar-refractivity contribution >= 4 is 18.3 Å². The maximum Gasteiger partial charge on any atom is 0.248 e. The zero-order valence-electron chi connectivity index (χ0n) is 15.1. The average Bonchev–Trinajstić information content (AvgIpc) is 3.34. The Hall–Kier alpha value is -1.14. The molecule has 2 unspecified atom stereocenters. The molecule has 140 valence electrons. The molecule has 0 radical (unpaired) electrons. The van der Waals surface area contributed by atoms with E-state index in [1.54, 1.807) is 12.1 Å². The van der Waals surface area contributed by atoms with Crippen molar-refractivity contribution in [2.75, 3.05) is 40.3 Å². The number of halogens is 1. The first kappa shape index (κ1) is 20.2. The van der Waals surface area contributed by atoms with E-state index in [4.69, 9.17) is 5.73 Å². The lowest BCUT2D eigenvalue weighted by molar-refractivity contribution is -0.0852. The van der Waals surface area contributed by atoms with E-state index >= 15 is 0 Å². The van der Waals surface area contributed by atoms with E-state index in [1.165, 1.54) is 12.8 Å². The number of aliphatic hydroxyl groups is 1. The van der Waals surface area contributed by atoms with Crippen LogP contribution >= 0.6 is 12.4 Å². The van der Waals surface area contributed by atoms with Crippen LogP contribution in [0.3, 0.4) is 0 Å². The SMILES string of the molecule is CN(C)CC1CN(CC2CC2)CCC1(O)c1cccc(C(N)=O)c1.Cl. The number of piperidine rings is 1. The third-order valence-corrected chi connectivity index (χ3v) is 5.41. The van der Waals surface area contributed by atoms with Crippen LogP contribution in [0.5, 0.6) is 0 Å². The van der Waals surface area contributed by atoms with Crippen molar-refractivity contribution in [3.8, 4) is 0 Å². The van der Waals surface area contributed by atoms with Crippen molar-refractivity contribution in [2.45, 2.75) is 24.9 Å². The summed E-state index contributed by atoms with van der Waals surface area (Å²) < 4.78 is 0. The van der Waals surface area contributed by atoms with E-state index in [0.29, 0.717) is 12.0 Å². The van der Waals surface area contributed by atoms with Gasteiger partial charge in [0.2, 0.25) is 5.91 Å². The van der Waals surface area contributed by atoms with Gasteiger partial charge < -0.3 is 20.6 Å². The Bertz CT molecular complexity index is 606. The monoisotopic (exact) mass is 367 g/mol. The minimum Gasteiger partial charge on any atom is -0.385 e. The third kappa shape index (κ3) is 4.73. The summed E-state index contributed by atoms with van der Waals surface area (Å²) in [6.07, 6.45) is 3.39. The van der Waals surface area contributed by atoms with Gasteiger partial charge in [-0.25, -0.2) is 0 Å². The Morgan fingerprint density at radius 1 is 1.40 bits per heavy atom. The van der Waals surface area contributed by atoms with E-state index in [9.17, 15) is 9.90 Å². The van der Waals surface area contributed by atoms with Gasteiger partial charge in [0.05, 0.1) is 5.60 Å². The minimum absolute atomic E-state index is 0. The molecule has 2 aliphatic rings. The topological polar surface area (TPSA) is 69.8 Å². The van der Waals surface area contributed by atoms with Crippen LogP contribution in [-0.4, -0.2) is 61.1 Å². The summed E-state index contributed by atoms with van der Waals surface area (Å²) in [4.78, 5) is 16.1. The maximum atomic E-state index is 11.5. The third-order valence-electron chi connectivity index (χ3n) is 5.41. The van der Waals surface area contributed by atoms with Crippen molar-refractivity contribution < 1.29 is 9.90 Å². The van der Waals surface area contributed by atoms with Crippen LogP contribution < -0.4 is 5.73 Å². The Balaban J connectivity index is 0.00000225. The Labute approximate surface area is 156 Å². The molecule has 1 aliphatic heterocycles. The molecule has 1 aromatic carbocycles. The second-order valence-electron chi connectivity index (χ2n) is 7.78. The largest absolute Gasteiger partial charge is 0.385 e. The van der Waals surface area contributed by atoms with Gasteiger partial charge in [-0.15, -0.1) is 12.4 Å². The van der Waals surface area contributed by atoms with Crippen LogP contribution in [0, 0.1) is 11.8 Å². The first-order chi connectivity index (χ1) is 11.4. The van der Waals surface area contributed by atoms with Gasteiger partial charge in [0, 0.05) is 37.7 Å². The summed E-state index contributed by atoms with van der Waals surface area (Å²) in [6, 6.07) is 7.21. The number of hydrogen-bond acceptors (Lipinski definition) is 4. The van der Waals surface area contributed by atoms with Crippen molar-refractivity contribution in [1.29, 1.82) is 0 Å². The van der Waals surface area contributed by atoms with Gasteiger partial charge >= 0.3 is 0 Å². The van der Waals surface area contributed by atoms with E-state index in [0.717, 1.165) is 37.7 Å². The molecule has 3 rings (SSSR count). The summed E-state index contributed by atoms with van der Waals surface area (Å²) in [6.45, 7) is 3.77. The molecule has 3 N–H and O–H groups in total. The number of carbonyl (C=O) groups is 1. The Morgan fingerprint density at radius 3 is 2.72 bits per heavy atom. The first-order valence-corrected chi connectivity index (χ1v) is 8.88. The number of benzene rings is 1. The highest BCUT2D eigenvalue weighted by molar-refractivity contribution is 5.92. The molecule has 0 spiro atoms. The molecule has 1 heterocycles. The van der Waals surface area contributed by atoms with Gasteiger partial charge in [-0.3, -0.25) is 4.79 Å². The number of rotatable bonds is 6. The zero-order valence-corrected chi connectivity index (χ0v) is 16.0. The van der Waals surface area contributed by atoms with Crippen molar-refractivity contribution in [3.63, 3.8) is 0 Å². The summed E-state index contributed by atoms with van der Waals surface area (Å²) in [5.41, 5.74) is 5.79. The highest BCUT2D eigenvalue weighted by atomic mass is 35.5. The number of primary amides is 1. The molecular formula is C19H30ClN3O2. The van der Waals surface area contributed by atoms with Crippen LogP contribution in [0.1, 0.15) is 35.2 Å². The number of hydrogen-bond donors (Lipinski definition) is 2. The number of amides is 1. The fourth-order valence-corrected chi connectivity index (χ4v) is 3.89. The van der Waals surface area contributed by atoms with Crippen LogP contribution in [0.2, 0.25) is 0 Å². The van der Waals surface area contributed by atoms with E-state index < -0.39 is 11.5 Å². The van der Waals surface area contributed by atoms with Crippen molar-refractivity contribution in [2.24, 2.45) is 17.6 Å². The van der Waals surface area contributed by atoms with E-state index in [2.05, 4.69) is 9.80 Å². The molecule has 25 heavy (non-hydrogen) atoms. The van der Waals surface area contributed by atoms with Gasteiger partial charge in [0.15, 0.2) is 0 Å². The maximum absolute atomic E-state index is 11.5. The number of likely N-dealkylation sites (tertiary alicyclic amines) is 1. The predicted octanol–water partition coefficient (Wildman–Crippen LogP) is 1.69. The minimum atomic E-state index is -0.907. The average molecular weight is 368 g/mol. The highest BCUT2D eigenvalue weighted by Gasteiger charge is 2.43. The lowest BCUT2D eigenvalue weighted by Crippen LogP contribution is -2.53. The lowest BCUT2D eigenvalue weighted by Gasteiger charge is -2.46. The standard InChI is InChI=1S/C19H29N3O2.ClH/c1-21(2)12-17-13-22(11-14-6-7-14)9-8-19(17,24)16-5-3-4-15(10-16)18(20)23;/h3-5,10,14,17,24H,6-9,11-13H2,1-2H3,(H2,20,23);1H.